The van der Waals surface area contributed by atoms with E-state index in [1.54, 1.807) is 20.8 Å². The summed E-state index contributed by atoms with van der Waals surface area (Å²) in [6.45, 7) is 9.10. The van der Waals surface area contributed by atoms with Gasteiger partial charge in [-0.15, -0.1) is 0 Å². The average Bonchev–Trinajstić information content (AvgIpc) is 2.52. The predicted molar refractivity (Wildman–Crippen MR) is 104 cm³/mol. The Morgan fingerprint density at radius 3 is 2.11 bits per heavy atom. The van der Waals surface area contributed by atoms with Crippen LogP contribution in [0, 0.1) is 5.92 Å². The van der Waals surface area contributed by atoms with Gasteiger partial charge in [0.25, 0.3) is 0 Å². The van der Waals surface area contributed by atoms with Crippen molar-refractivity contribution >= 4 is 17.9 Å². The van der Waals surface area contributed by atoms with Crippen LogP contribution in [0.4, 0.5) is 4.79 Å². The van der Waals surface area contributed by atoms with E-state index in [-0.39, 0.29) is 12.3 Å². The fraction of sp³-hybridized carbons (Fsp3) is 0.550. The molecule has 4 N–H and O–H groups in total. The second-order valence-corrected chi connectivity index (χ2v) is 7.98. The van der Waals surface area contributed by atoms with Gasteiger partial charge in [-0.05, 0) is 38.7 Å². The van der Waals surface area contributed by atoms with Gasteiger partial charge in [-0.2, -0.15) is 0 Å². The van der Waals surface area contributed by atoms with Crippen LogP contribution < -0.4 is 16.4 Å². The zero-order chi connectivity index (χ0) is 20.6. The zero-order valence-corrected chi connectivity index (χ0v) is 16.7. The van der Waals surface area contributed by atoms with E-state index >= 15 is 0 Å². The van der Waals surface area contributed by atoms with Crippen molar-refractivity contribution in [3.63, 3.8) is 0 Å². The third-order valence-electron chi connectivity index (χ3n) is 3.66. The molecule has 0 aliphatic rings. The van der Waals surface area contributed by atoms with Gasteiger partial charge in [0.1, 0.15) is 17.7 Å². The third kappa shape index (κ3) is 9.08. The van der Waals surface area contributed by atoms with Crippen LogP contribution in [-0.4, -0.2) is 35.6 Å². The molecule has 2 atom stereocenters. The van der Waals surface area contributed by atoms with E-state index in [1.807, 2.05) is 44.2 Å². The van der Waals surface area contributed by atoms with E-state index in [0.29, 0.717) is 6.42 Å². The topological polar surface area (TPSA) is 111 Å². The van der Waals surface area contributed by atoms with Crippen molar-refractivity contribution in [2.24, 2.45) is 11.7 Å². The SMILES string of the molecule is CC(C)C[C@@H](NC(=O)OC(C)(C)C)C(=O)N[C@H](Cc1ccccc1)C(N)=O. The van der Waals surface area contributed by atoms with Crippen LogP contribution in [-0.2, 0) is 20.7 Å². The largest absolute Gasteiger partial charge is 0.444 e. The maximum absolute atomic E-state index is 12.7. The summed E-state index contributed by atoms with van der Waals surface area (Å²) in [5.41, 5.74) is 5.66. The lowest BCUT2D eigenvalue weighted by atomic mass is 10.0. The summed E-state index contributed by atoms with van der Waals surface area (Å²) >= 11 is 0. The van der Waals surface area contributed by atoms with E-state index in [0.717, 1.165) is 5.56 Å². The van der Waals surface area contributed by atoms with Gasteiger partial charge >= 0.3 is 6.09 Å². The van der Waals surface area contributed by atoms with Gasteiger partial charge in [-0.1, -0.05) is 44.2 Å². The molecule has 1 aromatic carbocycles. The molecule has 0 fully saturated rings. The molecule has 0 spiro atoms. The normalized spacial score (nSPS) is 13.6. The Balaban J connectivity index is 2.82. The smallest absolute Gasteiger partial charge is 0.408 e. The number of nitrogens with two attached hydrogens (primary N) is 1. The Hall–Kier alpha value is -2.57. The van der Waals surface area contributed by atoms with Crippen molar-refractivity contribution < 1.29 is 19.1 Å². The summed E-state index contributed by atoms with van der Waals surface area (Å²) in [6.07, 6.45) is 0.00645. The molecule has 7 heteroatoms. The molecule has 0 saturated heterocycles. The molecule has 1 rings (SSSR count). The van der Waals surface area contributed by atoms with Gasteiger partial charge in [0.05, 0.1) is 0 Å². The van der Waals surface area contributed by atoms with Gasteiger partial charge in [0.15, 0.2) is 0 Å². The first-order valence-electron chi connectivity index (χ1n) is 9.11. The number of alkyl carbamates (subject to hydrolysis) is 1. The van der Waals surface area contributed by atoms with Crippen molar-refractivity contribution in [2.45, 2.75) is 65.1 Å². The lowest BCUT2D eigenvalue weighted by Gasteiger charge is -2.25. The number of carbonyl (C=O) groups excluding carboxylic acids is 3. The highest BCUT2D eigenvalue weighted by Crippen LogP contribution is 2.10. The minimum absolute atomic E-state index is 0.150. The molecule has 3 amide bonds. The maximum Gasteiger partial charge on any atom is 0.408 e. The Kier molecular flexibility index (Phi) is 8.28. The number of carbonyl (C=O) groups is 3. The highest BCUT2D eigenvalue weighted by atomic mass is 16.6. The van der Waals surface area contributed by atoms with Gasteiger partial charge in [-0.25, -0.2) is 4.79 Å². The molecule has 27 heavy (non-hydrogen) atoms. The van der Waals surface area contributed by atoms with Crippen LogP contribution in [0.25, 0.3) is 0 Å². The molecule has 0 aromatic heterocycles. The number of primary amides is 1. The van der Waals surface area contributed by atoms with Crippen molar-refractivity contribution in [1.29, 1.82) is 0 Å². The van der Waals surface area contributed by atoms with Gasteiger partial charge in [0.2, 0.25) is 11.8 Å². The number of amides is 3. The Labute approximate surface area is 161 Å². The molecular formula is C20H31N3O4. The monoisotopic (exact) mass is 377 g/mol. The highest BCUT2D eigenvalue weighted by Gasteiger charge is 2.28. The Bertz CT molecular complexity index is 638. The molecule has 0 saturated carbocycles. The standard InChI is InChI=1S/C20H31N3O4/c1-13(2)11-16(23-19(26)27-20(3,4)5)18(25)22-15(17(21)24)12-14-9-7-6-8-10-14/h6-10,13,15-16H,11-12H2,1-5H3,(H2,21,24)(H,22,25)(H,23,26)/t15-,16-/m1/s1. The minimum atomic E-state index is -0.866. The molecule has 7 nitrogen and oxygen atoms in total. The van der Waals surface area contributed by atoms with E-state index in [1.165, 1.54) is 0 Å². The van der Waals surface area contributed by atoms with Crippen LogP contribution in [0.3, 0.4) is 0 Å². The Morgan fingerprint density at radius 1 is 1.04 bits per heavy atom. The summed E-state index contributed by atoms with van der Waals surface area (Å²) in [5.74, 6) is -0.945. The molecule has 0 unspecified atom stereocenters. The second-order valence-electron chi connectivity index (χ2n) is 7.98. The number of hydrogen-bond acceptors (Lipinski definition) is 4. The average molecular weight is 377 g/mol. The summed E-state index contributed by atoms with van der Waals surface area (Å²) in [6, 6.07) is 7.58. The van der Waals surface area contributed by atoms with E-state index in [9.17, 15) is 14.4 Å². The van der Waals surface area contributed by atoms with Crippen LogP contribution in [0.1, 0.15) is 46.6 Å². The molecule has 0 aliphatic carbocycles. The summed E-state index contributed by atoms with van der Waals surface area (Å²) in [5, 5.41) is 5.24. The fourth-order valence-corrected chi connectivity index (χ4v) is 2.50. The molecule has 0 heterocycles. The lowest BCUT2D eigenvalue weighted by Crippen LogP contribution is -2.54. The number of rotatable bonds is 8. The van der Waals surface area contributed by atoms with Crippen LogP contribution in [0.15, 0.2) is 30.3 Å². The van der Waals surface area contributed by atoms with E-state index < -0.39 is 35.6 Å². The van der Waals surface area contributed by atoms with Gasteiger partial charge in [-0.3, -0.25) is 9.59 Å². The number of hydrogen-bond donors (Lipinski definition) is 3. The van der Waals surface area contributed by atoms with Gasteiger partial charge < -0.3 is 21.1 Å². The van der Waals surface area contributed by atoms with Crippen LogP contribution in [0.2, 0.25) is 0 Å². The second kappa shape index (κ2) is 9.94. The molecule has 0 bridgehead atoms. The van der Waals surface area contributed by atoms with Crippen LogP contribution in [0.5, 0.6) is 0 Å². The quantitative estimate of drug-likeness (QED) is 0.644. The van der Waals surface area contributed by atoms with Crippen molar-refractivity contribution in [1.82, 2.24) is 10.6 Å². The van der Waals surface area contributed by atoms with Crippen molar-refractivity contribution in [3.05, 3.63) is 35.9 Å². The van der Waals surface area contributed by atoms with E-state index in [2.05, 4.69) is 10.6 Å². The highest BCUT2D eigenvalue weighted by molar-refractivity contribution is 5.90. The lowest BCUT2D eigenvalue weighted by molar-refractivity contribution is -0.128. The number of benzene rings is 1. The first kappa shape index (κ1) is 22.5. The summed E-state index contributed by atoms with van der Waals surface area (Å²) in [7, 11) is 0. The first-order chi connectivity index (χ1) is 12.5. The third-order valence-corrected chi connectivity index (χ3v) is 3.66. The maximum atomic E-state index is 12.7. The molecule has 0 aliphatic heterocycles. The van der Waals surface area contributed by atoms with Crippen molar-refractivity contribution in [2.75, 3.05) is 0 Å². The zero-order valence-electron chi connectivity index (χ0n) is 16.7. The summed E-state index contributed by atoms with van der Waals surface area (Å²) < 4.78 is 5.23. The Morgan fingerprint density at radius 2 is 1.63 bits per heavy atom. The van der Waals surface area contributed by atoms with Crippen LogP contribution >= 0.6 is 0 Å². The number of nitrogens with one attached hydrogen (secondary N) is 2. The predicted octanol–water partition coefficient (Wildman–Crippen LogP) is 2.14. The minimum Gasteiger partial charge on any atom is -0.444 e. The fourth-order valence-electron chi connectivity index (χ4n) is 2.50. The molecule has 0 radical (unpaired) electrons. The molecular weight excluding hydrogens is 346 g/mol. The number of ether oxygens (including phenoxy) is 1. The van der Waals surface area contributed by atoms with E-state index in [4.69, 9.17) is 10.5 Å². The van der Waals surface area contributed by atoms with Gasteiger partial charge in [0, 0.05) is 6.42 Å². The van der Waals surface area contributed by atoms with Crippen molar-refractivity contribution in [3.8, 4) is 0 Å². The molecule has 1 aromatic rings. The molecule has 150 valence electrons. The summed E-state index contributed by atoms with van der Waals surface area (Å²) in [4.78, 5) is 36.5. The first-order valence-corrected chi connectivity index (χ1v) is 9.11.